The van der Waals surface area contributed by atoms with Gasteiger partial charge in [-0.1, -0.05) is 41.5 Å². The first-order chi connectivity index (χ1) is 8.42. The van der Waals surface area contributed by atoms with Crippen molar-refractivity contribution in [3.8, 4) is 0 Å². The summed E-state index contributed by atoms with van der Waals surface area (Å²) in [7, 11) is 0. The van der Waals surface area contributed by atoms with E-state index in [-0.39, 0.29) is 5.92 Å². The van der Waals surface area contributed by atoms with Crippen molar-refractivity contribution in [2.24, 2.45) is 22.2 Å². The number of alkyl halides is 5. The summed E-state index contributed by atoms with van der Waals surface area (Å²) in [5.41, 5.74) is -5.78. The van der Waals surface area contributed by atoms with Gasteiger partial charge in [-0.3, -0.25) is 0 Å². The van der Waals surface area contributed by atoms with E-state index in [1.165, 1.54) is 13.8 Å². The highest BCUT2D eigenvalue weighted by Crippen LogP contribution is 2.62. The van der Waals surface area contributed by atoms with Gasteiger partial charge in [0, 0.05) is 5.41 Å². The van der Waals surface area contributed by atoms with Crippen LogP contribution in [-0.2, 0) is 0 Å². The molecule has 0 aromatic heterocycles. The molecule has 5 heteroatoms. The highest BCUT2D eigenvalue weighted by atomic mass is 19.4. The summed E-state index contributed by atoms with van der Waals surface area (Å²) in [5.74, 6) is -3.74. The molecule has 0 bridgehead atoms. The van der Waals surface area contributed by atoms with E-state index in [2.05, 4.69) is 0 Å². The van der Waals surface area contributed by atoms with Gasteiger partial charge >= 0.3 is 6.18 Å². The predicted molar refractivity (Wildman–Crippen MR) is 71.8 cm³/mol. The minimum atomic E-state index is -4.96. The fraction of sp³-hybridized carbons (Fsp3) is 1.00. The lowest BCUT2D eigenvalue weighted by Gasteiger charge is -2.52. The van der Waals surface area contributed by atoms with Gasteiger partial charge in [0.1, 0.15) is 5.41 Å². The second-order valence-electron chi connectivity index (χ2n) is 7.80. The minimum absolute atomic E-state index is 0.133. The highest BCUT2D eigenvalue weighted by Gasteiger charge is 2.70. The van der Waals surface area contributed by atoms with E-state index in [1.54, 1.807) is 13.8 Å². The Balaban J connectivity index is 5.80. The molecule has 0 atom stereocenters. The zero-order valence-corrected chi connectivity index (χ0v) is 13.7. The molecule has 0 N–H and O–H groups in total. The topological polar surface area (TPSA) is 0 Å². The molecule has 0 spiro atoms. The Morgan fingerprint density at radius 3 is 1.30 bits per heavy atom. The number of hydrogen-bond donors (Lipinski definition) is 0. The van der Waals surface area contributed by atoms with Crippen molar-refractivity contribution < 1.29 is 22.0 Å². The average molecular weight is 302 g/mol. The van der Waals surface area contributed by atoms with Gasteiger partial charge in [-0.05, 0) is 31.6 Å². The summed E-state index contributed by atoms with van der Waals surface area (Å²) in [4.78, 5) is 0. The number of halogens is 5. The molecule has 0 aliphatic rings. The zero-order chi connectivity index (χ0) is 16.8. The van der Waals surface area contributed by atoms with Crippen LogP contribution in [0.4, 0.5) is 22.0 Å². The Labute approximate surface area is 119 Å². The molecule has 0 saturated heterocycles. The van der Waals surface area contributed by atoms with Gasteiger partial charge in [-0.2, -0.15) is 13.2 Å². The summed E-state index contributed by atoms with van der Waals surface area (Å²) >= 11 is 0. The molecule has 0 radical (unpaired) electrons. The van der Waals surface area contributed by atoms with Crippen molar-refractivity contribution in [1.82, 2.24) is 0 Å². The fourth-order valence-corrected chi connectivity index (χ4v) is 2.66. The summed E-state index contributed by atoms with van der Waals surface area (Å²) in [6.45, 7) is 10.6. The van der Waals surface area contributed by atoms with Crippen LogP contribution in [0.5, 0.6) is 0 Å². The lowest BCUT2D eigenvalue weighted by atomic mass is 9.56. The zero-order valence-electron chi connectivity index (χ0n) is 13.7. The minimum Gasteiger partial charge on any atom is -0.205 e. The molecular formula is C15H27F5. The molecule has 0 aromatic rings. The number of rotatable bonds is 5. The van der Waals surface area contributed by atoms with E-state index in [4.69, 9.17) is 0 Å². The first kappa shape index (κ1) is 19.7. The van der Waals surface area contributed by atoms with Crippen molar-refractivity contribution in [2.75, 3.05) is 0 Å². The van der Waals surface area contributed by atoms with Crippen molar-refractivity contribution in [3.63, 3.8) is 0 Å². The third-order valence-corrected chi connectivity index (χ3v) is 4.89. The third kappa shape index (κ3) is 2.96. The Bertz CT molecular complexity index is 335. The van der Waals surface area contributed by atoms with E-state index >= 15 is 0 Å². The van der Waals surface area contributed by atoms with Crippen molar-refractivity contribution in [3.05, 3.63) is 0 Å². The fourth-order valence-electron chi connectivity index (χ4n) is 2.66. The predicted octanol–water partition coefficient (Wildman–Crippen LogP) is 6.31. The smallest absolute Gasteiger partial charge is 0.205 e. The van der Waals surface area contributed by atoms with E-state index in [0.29, 0.717) is 20.3 Å². The van der Waals surface area contributed by atoms with Crippen LogP contribution in [0, 0.1) is 22.2 Å². The van der Waals surface area contributed by atoms with Crippen molar-refractivity contribution in [1.29, 1.82) is 0 Å². The molecule has 0 rings (SSSR count). The van der Waals surface area contributed by atoms with Crippen LogP contribution in [-0.4, -0.2) is 12.1 Å². The van der Waals surface area contributed by atoms with E-state index in [1.807, 2.05) is 13.8 Å². The Kier molecular flexibility index (Phi) is 5.04. The quantitative estimate of drug-likeness (QED) is 0.522. The van der Waals surface area contributed by atoms with E-state index in [0.717, 1.165) is 0 Å². The molecule has 0 saturated carbocycles. The summed E-state index contributed by atoms with van der Waals surface area (Å²) in [6.07, 6.45) is -4.52. The van der Waals surface area contributed by atoms with Crippen LogP contribution >= 0.6 is 0 Å². The molecule has 0 heterocycles. The summed E-state index contributed by atoms with van der Waals surface area (Å²) < 4.78 is 68.5. The molecular weight excluding hydrogens is 275 g/mol. The van der Waals surface area contributed by atoms with Gasteiger partial charge in [-0.25, -0.2) is 8.78 Å². The first-order valence-corrected chi connectivity index (χ1v) is 6.86. The first-order valence-electron chi connectivity index (χ1n) is 6.86. The van der Waals surface area contributed by atoms with Crippen molar-refractivity contribution >= 4 is 0 Å². The lowest BCUT2D eigenvalue weighted by molar-refractivity contribution is -0.327. The normalized spacial score (nSPS) is 15.9. The van der Waals surface area contributed by atoms with Gasteiger partial charge in [-0.15, -0.1) is 0 Å². The molecule has 0 aliphatic carbocycles. The Hall–Kier alpha value is -0.350. The molecule has 0 aliphatic heterocycles. The van der Waals surface area contributed by atoms with E-state index in [9.17, 15) is 22.0 Å². The SMILES string of the molecule is CC(C)CC(C)(C)C(C)(C)C(F)(F)C(C)(C)C(F)(F)F. The molecule has 0 fully saturated rings. The maximum absolute atomic E-state index is 14.7. The molecule has 0 amide bonds. The van der Waals surface area contributed by atoms with Crippen LogP contribution in [0.15, 0.2) is 0 Å². The Morgan fingerprint density at radius 2 is 1.05 bits per heavy atom. The van der Waals surface area contributed by atoms with Crippen LogP contribution in [0.2, 0.25) is 0 Å². The van der Waals surface area contributed by atoms with Gasteiger partial charge < -0.3 is 0 Å². The standard InChI is InChI=1S/C15H27F5/c1-10(2)9-11(3,4)12(5,6)14(16,17)13(7,8)15(18,19)20/h10H,9H2,1-8H3. The maximum Gasteiger partial charge on any atom is 0.399 e. The summed E-state index contributed by atoms with van der Waals surface area (Å²) in [5, 5.41) is 0. The largest absolute Gasteiger partial charge is 0.399 e. The summed E-state index contributed by atoms with van der Waals surface area (Å²) in [6, 6.07) is 0. The molecule has 122 valence electrons. The van der Waals surface area contributed by atoms with Crippen LogP contribution < -0.4 is 0 Å². The van der Waals surface area contributed by atoms with Gasteiger partial charge in [0.05, 0.1) is 0 Å². The Morgan fingerprint density at radius 1 is 0.700 bits per heavy atom. The van der Waals surface area contributed by atoms with Crippen molar-refractivity contribution in [2.45, 2.75) is 73.9 Å². The second kappa shape index (κ2) is 5.13. The average Bonchev–Trinajstić information content (AvgIpc) is 2.12. The van der Waals surface area contributed by atoms with Gasteiger partial charge in [0.2, 0.25) is 0 Å². The highest BCUT2D eigenvalue weighted by molar-refractivity contribution is 5.05. The molecule has 20 heavy (non-hydrogen) atoms. The van der Waals surface area contributed by atoms with Crippen LogP contribution in [0.25, 0.3) is 0 Å². The van der Waals surface area contributed by atoms with Crippen LogP contribution in [0.3, 0.4) is 0 Å². The molecule has 0 aromatic carbocycles. The monoisotopic (exact) mass is 302 g/mol. The van der Waals surface area contributed by atoms with Gasteiger partial charge in [0.25, 0.3) is 5.92 Å². The van der Waals surface area contributed by atoms with Gasteiger partial charge in [0.15, 0.2) is 0 Å². The number of hydrogen-bond acceptors (Lipinski definition) is 0. The third-order valence-electron chi connectivity index (χ3n) is 4.89. The second-order valence-corrected chi connectivity index (χ2v) is 7.80. The lowest BCUT2D eigenvalue weighted by Crippen LogP contribution is -2.60. The van der Waals surface area contributed by atoms with Crippen LogP contribution in [0.1, 0.15) is 61.8 Å². The molecule has 0 nitrogen and oxygen atoms in total. The maximum atomic E-state index is 14.7. The van der Waals surface area contributed by atoms with E-state index < -0.39 is 28.3 Å². The molecule has 0 unspecified atom stereocenters.